The highest BCUT2D eigenvalue weighted by Crippen LogP contribution is 2.36. The molecule has 0 amide bonds. The number of benzene rings is 2. The lowest BCUT2D eigenvalue weighted by atomic mass is 10.0. The van der Waals surface area contributed by atoms with Gasteiger partial charge in [0.1, 0.15) is 18.3 Å². The fourth-order valence-electron chi connectivity index (χ4n) is 4.15. The first kappa shape index (κ1) is 22.1. The zero-order valence-corrected chi connectivity index (χ0v) is 19.7. The molecular weight excluding hydrogens is 422 g/mol. The Morgan fingerprint density at radius 2 is 1.78 bits per heavy atom. The van der Waals surface area contributed by atoms with Crippen LogP contribution in [0.2, 0.25) is 0 Å². The van der Waals surface area contributed by atoms with Gasteiger partial charge in [-0.05, 0) is 24.0 Å². The van der Waals surface area contributed by atoms with Crippen LogP contribution < -0.4 is 0 Å². The van der Waals surface area contributed by atoms with E-state index in [9.17, 15) is 8.42 Å². The van der Waals surface area contributed by atoms with Crippen LogP contribution in [0.15, 0.2) is 70.8 Å². The summed E-state index contributed by atoms with van der Waals surface area (Å²) >= 11 is 0. The summed E-state index contributed by atoms with van der Waals surface area (Å²) < 4.78 is 32.1. The van der Waals surface area contributed by atoms with E-state index in [4.69, 9.17) is 9.73 Å². The molecule has 0 fully saturated rings. The number of para-hydroxylation sites is 1. The maximum absolute atomic E-state index is 12.9. The number of rotatable bonds is 6. The van der Waals surface area contributed by atoms with E-state index >= 15 is 0 Å². The Morgan fingerprint density at radius 3 is 2.47 bits per heavy atom. The van der Waals surface area contributed by atoms with Crippen molar-refractivity contribution >= 4 is 32.3 Å². The number of ether oxygens (including phenoxy) is 1. The molecule has 1 aliphatic rings. The summed E-state index contributed by atoms with van der Waals surface area (Å²) in [4.78, 5) is 9.91. The lowest BCUT2D eigenvalue weighted by Gasteiger charge is -2.36. The number of likely N-dealkylation sites (N-methyl/N-ethyl adjacent to an activating group) is 1. The highest BCUT2D eigenvalue weighted by Gasteiger charge is 2.37. The smallest absolute Gasteiger partial charge is 0.212 e. The van der Waals surface area contributed by atoms with Crippen LogP contribution in [0, 0.1) is 5.92 Å². The van der Waals surface area contributed by atoms with E-state index in [1.54, 1.807) is 0 Å². The van der Waals surface area contributed by atoms with Gasteiger partial charge in [-0.15, -0.1) is 0 Å². The second-order valence-electron chi connectivity index (χ2n) is 8.65. The Hall–Kier alpha value is -3.06. The third kappa shape index (κ3) is 4.43. The average Bonchev–Trinajstić information content (AvgIpc) is 3.17. The van der Waals surface area contributed by atoms with Crippen LogP contribution in [0.25, 0.3) is 16.6 Å². The fourth-order valence-corrected chi connectivity index (χ4v) is 5.31. The first-order valence-electron chi connectivity index (χ1n) is 10.7. The van der Waals surface area contributed by atoms with Crippen molar-refractivity contribution in [2.75, 3.05) is 13.3 Å². The molecule has 0 saturated heterocycles. The molecule has 168 valence electrons. The van der Waals surface area contributed by atoms with Gasteiger partial charge < -0.3 is 14.6 Å². The van der Waals surface area contributed by atoms with Gasteiger partial charge in [0.2, 0.25) is 5.90 Å². The molecule has 32 heavy (non-hydrogen) atoms. The Labute approximate surface area is 189 Å². The van der Waals surface area contributed by atoms with Crippen LogP contribution in [0.4, 0.5) is 0 Å². The van der Waals surface area contributed by atoms with Crippen LogP contribution in [-0.2, 0) is 21.2 Å². The van der Waals surface area contributed by atoms with Gasteiger partial charge in [0, 0.05) is 36.0 Å². The maximum Gasteiger partial charge on any atom is 0.212 e. The summed E-state index contributed by atoms with van der Waals surface area (Å²) in [6.07, 6.45) is 3.79. The van der Waals surface area contributed by atoms with Crippen LogP contribution in [0.3, 0.4) is 0 Å². The minimum Gasteiger partial charge on any atom is -0.474 e. The minimum absolute atomic E-state index is 0.222. The summed E-state index contributed by atoms with van der Waals surface area (Å²) in [5, 5.41) is 1.14. The lowest BCUT2D eigenvalue weighted by Crippen LogP contribution is -2.44. The number of nitrogens with one attached hydrogen (secondary N) is 1. The monoisotopic (exact) mass is 451 g/mol. The van der Waals surface area contributed by atoms with Crippen LogP contribution in [0.1, 0.15) is 31.4 Å². The minimum atomic E-state index is -3.55. The van der Waals surface area contributed by atoms with Crippen LogP contribution >= 0.6 is 0 Å². The predicted octanol–water partition coefficient (Wildman–Crippen LogP) is 4.81. The van der Waals surface area contributed by atoms with Crippen molar-refractivity contribution in [3.8, 4) is 0 Å². The zero-order valence-electron chi connectivity index (χ0n) is 18.9. The number of hydrogen-bond acceptors (Lipinski definition) is 5. The molecule has 0 aliphatic carbocycles. The van der Waals surface area contributed by atoms with Crippen molar-refractivity contribution in [1.82, 2.24) is 9.88 Å². The summed E-state index contributed by atoms with van der Waals surface area (Å²) in [6.45, 7) is 4.60. The van der Waals surface area contributed by atoms with Crippen molar-refractivity contribution in [2.24, 2.45) is 10.9 Å². The Bertz CT molecular complexity index is 1270. The summed E-state index contributed by atoms with van der Waals surface area (Å²) in [5.41, 5.74) is 3.12. The SMILES string of the molecule is CC(C)CC1C(OCc2ccccc2)=NC(c2c[nH]c3ccccc23)=C(S(C)(=O)=O)N1C. The fraction of sp³-hybridized carbons (Fsp3) is 0.320. The van der Waals surface area contributed by atoms with E-state index in [1.165, 1.54) is 6.26 Å². The molecule has 1 aliphatic heterocycles. The van der Waals surface area contributed by atoms with Crippen LogP contribution in [0.5, 0.6) is 0 Å². The van der Waals surface area contributed by atoms with Gasteiger partial charge in [0.25, 0.3) is 0 Å². The van der Waals surface area contributed by atoms with Crippen LogP contribution in [-0.4, -0.2) is 43.5 Å². The highest BCUT2D eigenvalue weighted by molar-refractivity contribution is 7.94. The number of aromatic amines is 1. The molecule has 2 heterocycles. The molecule has 1 unspecified atom stereocenters. The molecular formula is C25H29N3O3S. The van der Waals surface area contributed by atoms with Gasteiger partial charge >= 0.3 is 0 Å². The number of aliphatic imine (C=N–C) groups is 1. The molecule has 7 heteroatoms. The molecule has 3 aromatic rings. The number of H-pyrrole nitrogens is 1. The predicted molar refractivity (Wildman–Crippen MR) is 130 cm³/mol. The van der Waals surface area contributed by atoms with E-state index in [-0.39, 0.29) is 11.1 Å². The summed E-state index contributed by atoms with van der Waals surface area (Å²) in [5.74, 6) is 0.876. The molecule has 1 N–H and O–H groups in total. The van der Waals surface area contributed by atoms with E-state index in [0.717, 1.165) is 28.5 Å². The largest absolute Gasteiger partial charge is 0.474 e. The molecule has 0 bridgehead atoms. The van der Waals surface area contributed by atoms with Gasteiger partial charge in [0.15, 0.2) is 14.9 Å². The maximum atomic E-state index is 12.9. The second kappa shape index (κ2) is 8.82. The average molecular weight is 452 g/mol. The molecule has 2 aromatic carbocycles. The Morgan fingerprint density at radius 1 is 1.09 bits per heavy atom. The second-order valence-corrected chi connectivity index (χ2v) is 10.6. The molecule has 1 aromatic heterocycles. The normalized spacial score (nSPS) is 17.2. The van der Waals surface area contributed by atoms with E-state index in [0.29, 0.717) is 24.1 Å². The van der Waals surface area contributed by atoms with E-state index in [1.807, 2.05) is 72.7 Å². The van der Waals surface area contributed by atoms with Crippen molar-refractivity contribution in [2.45, 2.75) is 32.9 Å². The Balaban J connectivity index is 1.86. The molecule has 4 rings (SSSR count). The van der Waals surface area contributed by atoms with Gasteiger partial charge in [0.05, 0.1) is 0 Å². The first-order chi connectivity index (χ1) is 15.3. The lowest BCUT2D eigenvalue weighted by molar-refractivity contribution is 0.229. The van der Waals surface area contributed by atoms with Crippen molar-refractivity contribution in [1.29, 1.82) is 0 Å². The zero-order chi connectivity index (χ0) is 22.9. The number of nitrogens with zero attached hydrogens (tertiary/aromatic N) is 2. The topological polar surface area (TPSA) is 74.8 Å². The van der Waals surface area contributed by atoms with Crippen molar-refractivity contribution < 1.29 is 13.2 Å². The van der Waals surface area contributed by atoms with Crippen molar-refractivity contribution in [3.63, 3.8) is 0 Å². The standard InChI is InChI=1S/C25H29N3O3S/c1-17(2)14-22-24(31-16-18-10-6-5-7-11-18)27-23(25(28(22)3)32(4,29)30)20-15-26-21-13-9-8-12-19(20)21/h5-13,15,17,22,26H,14,16H2,1-4H3. The van der Waals surface area contributed by atoms with Gasteiger partial charge in [-0.3, -0.25) is 0 Å². The van der Waals surface area contributed by atoms with E-state index in [2.05, 4.69) is 18.8 Å². The number of aromatic nitrogens is 1. The number of sulfone groups is 1. The summed E-state index contributed by atoms with van der Waals surface area (Å²) in [7, 11) is -1.73. The number of fused-ring (bicyclic) bond motifs is 1. The van der Waals surface area contributed by atoms with Gasteiger partial charge in [-0.2, -0.15) is 0 Å². The highest BCUT2D eigenvalue weighted by atomic mass is 32.2. The molecule has 0 spiro atoms. The molecule has 6 nitrogen and oxygen atoms in total. The number of hydrogen-bond donors (Lipinski definition) is 1. The third-order valence-corrected chi connectivity index (χ3v) is 6.80. The molecule has 1 atom stereocenters. The third-order valence-electron chi connectivity index (χ3n) is 5.62. The van der Waals surface area contributed by atoms with Crippen molar-refractivity contribution in [3.05, 3.63) is 77.0 Å². The first-order valence-corrected chi connectivity index (χ1v) is 12.6. The quantitative estimate of drug-likeness (QED) is 0.583. The Kier molecular flexibility index (Phi) is 6.11. The van der Waals surface area contributed by atoms with E-state index < -0.39 is 9.84 Å². The summed E-state index contributed by atoms with van der Waals surface area (Å²) in [6, 6.07) is 17.5. The molecule has 0 saturated carbocycles. The molecule has 0 radical (unpaired) electrons. The van der Waals surface area contributed by atoms with Gasteiger partial charge in [-0.25, -0.2) is 13.4 Å². The van der Waals surface area contributed by atoms with Gasteiger partial charge in [-0.1, -0.05) is 62.4 Å².